The van der Waals surface area contributed by atoms with Crippen LogP contribution in [0.2, 0.25) is 0 Å². The van der Waals surface area contributed by atoms with Crippen molar-refractivity contribution in [2.45, 2.75) is 71.3 Å². The van der Waals surface area contributed by atoms with Crippen LogP contribution in [0.25, 0.3) is 0 Å². The molecule has 1 atom stereocenters. The van der Waals surface area contributed by atoms with Crippen LogP contribution in [0.4, 0.5) is 0 Å². The van der Waals surface area contributed by atoms with Gasteiger partial charge < -0.3 is 10.6 Å². The maximum absolute atomic E-state index is 6.30. The minimum atomic E-state index is 0.289. The van der Waals surface area contributed by atoms with Gasteiger partial charge in [-0.2, -0.15) is 0 Å². The number of hydrogen-bond acceptors (Lipinski definition) is 3. The van der Waals surface area contributed by atoms with Crippen LogP contribution in [0.1, 0.15) is 65.7 Å². The quantitative estimate of drug-likeness (QED) is 0.846. The van der Waals surface area contributed by atoms with Gasteiger partial charge in [0.1, 0.15) is 0 Å². The zero-order valence-electron chi connectivity index (χ0n) is 14.7. The van der Waals surface area contributed by atoms with Crippen LogP contribution in [-0.4, -0.2) is 54.6 Å². The molecule has 0 aromatic carbocycles. The molecule has 2 rings (SSSR count). The third-order valence-corrected chi connectivity index (χ3v) is 6.83. The van der Waals surface area contributed by atoms with E-state index in [0.717, 1.165) is 6.54 Å². The monoisotopic (exact) mass is 295 g/mol. The van der Waals surface area contributed by atoms with Crippen molar-refractivity contribution in [2.75, 3.05) is 39.3 Å². The summed E-state index contributed by atoms with van der Waals surface area (Å²) in [4.78, 5) is 5.37. The Hall–Kier alpha value is -0.120. The molecule has 2 saturated heterocycles. The standard InChI is InChI=1S/C18H37N3/c1-4-17(5-2)9-14-21(15-10-17)18(16-19)8-7-12-20(6-3)13-11-18/h4-16,19H2,1-3H3. The first-order valence-electron chi connectivity index (χ1n) is 9.31. The summed E-state index contributed by atoms with van der Waals surface area (Å²) in [5.41, 5.74) is 7.20. The molecule has 2 fully saturated rings. The molecule has 0 aliphatic carbocycles. The lowest BCUT2D eigenvalue weighted by molar-refractivity contribution is 0.00819. The molecule has 0 aromatic heterocycles. The summed E-state index contributed by atoms with van der Waals surface area (Å²) in [6.45, 7) is 14.1. The fourth-order valence-corrected chi connectivity index (χ4v) is 4.61. The molecule has 2 heterocycles. The second-order valence-electron chi connectivity index (χ2n) is 7.41. The lowest BCUT2D eigenvalue weighted by Gasteiger charge is -2.50. The second-order valence-corrected chi connectivity index (χ2v) is 7.41. The highest BCUT2D eigenvalue weighted by Gasteiger charge is 2.41. The van der Waals surface area contributed by atoms with Crippen LogP contribution < -0.4 is 5.73 Å². The van der Waals surface area contributed by atoms with Crippen LogP contribution in [0.3, 0.4) is 0 Å². The minimum absolute atomic E-state index is 0.289. The molecule has 2 N–H and O–H groups in total. The molecular weight excluding hydrogens is 258 g/mol. The molecule has 0 bridgehead atoms. The molecule has 0 aromatic rings. The average molecular weight is 296 g/mol. The van der Waals surface area contributed by atoms with Crippen molar-refractivity contribution in [3.8, 4) is 0 Å². The number of hydrogen-bond donors (Lipinski definition) is 1. The number of likely N-dealkylation sites (tertiary alicyclic amines) is 2. The summed E-state index contributed by atoms with van der Waals surface area (Å²) in [5, 5.41) is 0. The summed E-state index contributed by atoms with van der Waals surface area (Å²) in [5.74, 6) is 0. The van der Waals surface area contributed by atoms with E-state index in [1.807, 2.05) is 0 Å². The normalized spacial score (nSPS) is 32.0. The van der Waals surface area contributed by atoms with Crippen molar-refractivity contribution >= 4 is 0 Å². The van der Waals surface area contributed by atoms with E-state index in [9.17, 15) is 0 Å². The highest BCUT2D eigenvalue weighted by atomic mass is 15.2. The Balaban J connectivity index is 2.01. The Morgan fingerprint density at radius 3 is 2.05 bits per heavy atom. The van der Waals surface area contributed by atoms with Gasteiger partial charge in [-0.1, -0.05) is 33.6 Å². The summed E-state index contributed by atoms with van der Waals surface area (Å²) in [6.07, 6.45) is 9.31. The Morgan fingerprint density at radius 1 is 0.857 bits per heavy atom. The van der Waals surface area contributed by atoms with Gasteiger partial charge in [0.05, 0.1) is 0 Å². The van der Waals surface area contributed by atoms with Crippen molar-refractivity contribution in [3.05, 3.63) is 0 Å². The van der Waals surface area contributed by atoms with Crippen molar-refractivity contribution < 1.29 is 0 Å². The zero-order chi connectivity index (χ0) is 15.3. The first-order chi connectivity index (χ1) is 10.1. The number of piperidine rings is 1. The fourth-order valence-electron chi connectivity index (χ4n) is 4.61. The van der Waals surface area contributed by atoms with Gasteiger partial charge in [-0.05, 0) is 70.2 Å². The molecule has 0 saturated carbocycles. The van der Waals surface area contributed by atoms with E-state index in [2.05, 4.69) is 30.6 Å². The van der Waals surface area contributed by atoms with Gasteiger partial charge in [0.25, 0.3) is 0 Å². The maximum Gasteiger partial charge on any atom is 0.0344 e. The van der Waals surface area contributed by atoms with Crippen LogP contribution in [0.5, 0.6) is 0 Å². The summed E-state index contributed by atoms with van der Waals surface area (Å²) >= 11 is 0. The Bertz CT molecular complexity index is 304. The lowest BCUT2D eigenvalue weighted by Crippen LogP contribution is -2.57. The molecule has 0 amide bonds. The molecule has 1 unspecified atom stereocenters. The second kappa shape index (κ2) is 7.43. The van der Waals surface area contributed by atoms with Crippen molar-refractivity contribution in [1.29, 1.82) is 0 Å². The topological polar surface area (TPSA) is 32.5 Å². The Kier molecular flexibility index (Phi) is 6.10. The molecule has 3 heteroatoms. The van der Waals surface area contributed by atoms with Gasteiger partial charge in [-0.15, -0.1) is 0 Å². The van der Waals surface area contributed by atoms with Gasteiger partial charge in [0.15, 0.2) is 0 Å². The zero-order valence-corrected chi connectivity index (χ0v) is 14.7. The molecule has 3 nitrogen and oxygen atoms in total. The van der Waals surface area contributed by atoms with Gasteiger partial charge in [0.2, 0.25) is 0 Å². The molecule has 0 spiro atoms. The minimum Gasteiger partial charge on any atom is -0.329 e. The number of nitrogens with two attached hydrogens (primary N) is 1. The highest BCUT2D eigenvalue weighted by molar-refractivity contribution is 4.98. The fraction of sp³-hybridized carbons (Fsp3) is 1.00. The molecule has 21 heavy (non-hydrogen) atoms. The van der Waals surface area contributed by atoms with Crippen LogP contribution in [-0.2, 0) is 0 Å². The van der Waals surface area contributed by atoms with Gasteiger partial charge >= 0.3 is 0 Å². The van der Waals surface area contributed by atoms with E-state index in [0.29, 0.717) is 5.41 Å². The van der Waals surface area contributed by atoms with Crippen molar-refractivity contribution in [3.63, 3.8) is 0 Å². The van der Waals surface area contributed by atoms with Gasteiger partial charge in [0, 0.05) is 12.1 Å². The largest absolute Gasteiger partial charge is 0.329 e. The first-order valence-corrected chi connectivity index (χ1v) is 9.31. The van der Waals surface area contributed by atoms with Crippen LogP contribution in [0.15, 0.2) is 0 Å². The predicted octanol–water partition coefficient (Wildman–Crippen LogP) is 3.09. The smallest absolute Gasteiger partial charge is 0.0344 e. The highest BCUT2D eigenvalue weighted by Crippen LogP contribution is 2.41. The van der Waals surface area contributed by atoms with Crippen LogP contribution in [0, 0.1) is 5.41 Å². The molecule has 124 valence electrons. The summed E-state index contributed by atoms with van der Waals surface area (Å²) in [6, 6.07) is 0. The molecule has 2 aliphatic heterocycles. The van der Waals surface area contributed by atoms with E-state index in [1.165, 1.54) is 77.7 Å². The summed E-state index contributed by atoms with van der Waals surface area (Å²) in [7, 11) is 0. The molecule has 0 radical (unpaired) electrons. The third kappa shape index (κ3) is 3.62. The van der Waals surface area contributed by atoms with E-state index in [1.54, 1.807) is 0 Å². The molecular formula is C18H37N3. The number of nitrogens with zero attached hydrogens (tertiary/aromatic N) is 2. The van der Waals surface area contributed by atoms with Crippen molar-refractivity contribution in [2.24, 2.45) is 11.1 Å². The van der Waals surface area contributed by atoms with Gasteiger partial charge in [-0.25, -0.2) is 0 Å². The lowest BCUT2D eigenvalue weighted by atomic mass is 9.72. The van der Waals surface area contributed by atoms with E-state index in [4.69, 9.17) is 5.73 Å². The van der Waals surface area contributed by atoms with E-state index in [-0.39, 0.29) is 5.54 Å². The van der Waals surface area contributed by atoms with E-state index >= 15 is 0 Å². The average Bonchev–Trinajstić information content (AvgIpc) is 2.78. The van der Waals surface area contributed by atoms with Crippen LogP contribution >= 0.6 is 0 Å². The van der Waals surface area contributed by atoms with Crippen molar-refractivity contribution in [1.82, 2.24) is 9.80 Å². The summed E-state index contributed by atoms with van der Waals surface area (Å²) < 4.78 is 0. The predicted molar refractivity (Wildman–Crippen MR) is 91.6 cm³/mol. The van der Waals surface area contributed by atoms with E-state index < -0.39 is 0 Å². The Labute approximate surface area is 132 Å². The first kappa shape index (κ1) is 17.2. The van der Waals surface area contributed by atoms with Gasteiger partial charge in [-0.3, -0.25) is 4.90 Å². The maximum atomic E-state index is 6.30. The Morgan fingerprint density at radius 2 is 1.52 bits per heavy atom. The SMILES string of the molecule is CCN1CCCC(CN)(N2CCC(CC)(CC)CC2)CC1. The number of rotatable bonds is 5. The third-order valence-electron chi connectivity index (χ3n) is 6.83. The molecule has 2 aliphatic rings.